The molecule has 4 aliphatic carbocycles. The highest BCUT2D eigenvalue weighted by molar-refractivity contribution is 7.99. The van der Waals surface area contributed by atoms with Gasteiger partial charge in [0, 0.05) is 12.2 Å². The first-order chi connectivity index (χ1) is 11.5. The quantitative estimate of drug-likeness (QED) is 0.632. The zero-order valence-electron chi connectivity index (χ0n) is 14.3. The normalized spacial score (nSPS) is 36.3. The van der Waals surface area contributed by atoms with Crippen molar-refractivity contribution in [2.45, 2.75) is 62.6 Å². The summed E-state index contributed by atoms with van der Waals surface area (Å²) in [5.74, 6) is 3.04. The molecular formula is C18H25N3O2S. The number of hydrogen-bond acceptors (Lipinski definition) is 5. The van der Waals surface area contributed by atoms with Gasteiger partial charge in [0.15, 0.2) is 0 Å². The van der Waals surface area contributed by atoms with Crippen LogP contribution in [0.4, 0.5) is 0 Å². The zero-order chi connectivity index (χ0) is 16.9. The Morgan fingerprint density at radius 1 is 1.42 bits per heavy atom. The molecule has 0 saturated heterocycles. The molecule has 0 aromatic carbocycles. The van der Waals surface area contributed by atoms with Crippen LogP contribution in [0.3, 0.4) is 0 Å². The molecule has 24 heavy (non-hydrogen) atoms. The third-order valence-corrected chi connectivity index (χ3v) is 7.14. The third kappa shape index (κ3) is 2.73. The minimum absolute atomic E-state index is 0.0541. The van der Waals surface area contributed by atoms with Crippen LogP contribution in [-0.2, 0) is 0 Å². The van der Waals surface area contributed by atoms with E-state index in [2.05, 4.69) is 22.2 Å². The molecule has 5 rings (SSSR count). The topological polar surface area (TPSA) is 75.1 Å². The lowest BCUT2D eigenvalue weighted by Gasteiger charge is -2.38. The fourth-order valence-electron chi connectivity index (χ4n) is 5.12. The molecule has 5 atom stereocenters. The van der Waals surface area contributed by atoms with Crippen LogP contribution in [0.5, 0.6) is 0 Å². The summed E-state index contributed by atoms with van der Waals surface area (Å²) in [4.78, 5) is 21.5. The van der Waals surface area contributed by atoms with Gasteiger partial charge in [0.05, 0.1) is 11.2 Å². The summed E-state index contributed by atoms with van der Waals surface area (Å²) in [5.41, 5.74) is 0.143. The van der Waals surface area contributed by atoms with Gasteiger partial charge in [-0.3, -0.25) is 4.79 Å². The van der Waals surface area contributed by atoms with Crippen LogP contribution in [0.15, 0.2) is 11.2 Å². The summed E-state index contributed by atoms with van der Waals surface area (Å²) in [5, 5.41) is 14.6. The lowest BCUT2D eigenvalue weighted by Crippen LogP contribution is -2.48. The van der Waals surface area contributed by atoms with E-state index in [1.807, 2.05) is 6.92 Å². The molecular weight excluding hydrogens is 322 g/mol. The van der Waals surface area contributed by atoms with Crippen molar-refractivity contribution < 1.29 is 9.90 Å². The summed E-state index contributed by atoms with van der Waals surface area (Å²) in [6, 6.07) is 0.204. The molecule has 0 radical (unpaired) electrons. The van der Waals surface area contributed by atoms with Crippen molar-refractivity contribution in [3.05, 3.63) is 17.6 Å². The maximum Gasteiger partial charge on any atom is 0.255 e. The summed E-state index contributed by atoms with van der Waals surface area (Å²) in [6.07, 6.45) is 6.47. The standard InChI is InChI=1S/C18H25N3O2S/c1-3-4-24-17-14(9-19-10(2)20-17)16(22)21-15-12-5-11-6-18(23,7-12)8-13(11)15/h9,11-13,15,23H,3-8H2,1-2H3,(H,21,22)/t11?,12-,13-,15-,18-/m1/s1. The number of carbonyl (C=O) groups is 1. The van der Waals surface area contributed by atoms with Crippen LogP contribution in [-0.4, -0.2) is 38.4 Å². The molecule has 5 nitrogen and oxygen atoms in total. The SMILES string of the molecule is CCCSc1nc(C)ncc1C(=O)N[C@@H]1[C@@H]2CC3C[C@@](O)(C2)C[C@H]31. The number of thioether (sulfide) groups is 1. The second-order valence-electron chi connectivity index (χ2n) is 7.74. The highest BCUT2D eigenvalue weighted by Crippen LogP contribution is 2.59. The highest BCUT2D eigenvalue weighted by atomic mass is 32.2. The van der Waals surface area contributed by atoms with E-state index in [0.717, 1.165) is 42.9 Å². The molecule has 1 aromatic rings. The molecule has 4 aliphatic rings. The Morgan fingerprint density at radius 2 is 2.21 bits per heavy atom. The minimum atomic E-state index is -0.450. The molecule has 4 saturated carbocycles. The van der Waals surface area contributed by atoms with Crippen molar-refractivity contribution in [1.82, 2.24) is 15.3 Å². The Labute approximate surface area is 147 Å². The van der Waals surface area contributed by atoms with Gasteiger partial charge in [-0.25, -0.2) is 9.97 Å². The van der Waals surface area contributed by atoms with Crippen molar-refractivity contribution in [2.24, 2.45) is 17.8 Å². The van der Waals surface area contributed by atoms with Crippen molar-refractivity contribution >= 4 is 17.7 Å². The Hall–Kier alpha value is -1.14. The van der Waals surface area contributed by atoms with Gasteiger partial charge in [-0.15, -0.1) is 11.8 Å². The fraction of sp³-hybridized carbons (Fsp3) is 0.722. The highest BCUT2D eigenvalue weighted by Gasteiger charge is 2.60. The number of aryl methyl sites for hydroxylation is 1. The van der Waals surface area contributed by atoms with E-state index in [0.29, 0.717) is 29.1 Å². The van der Waals surface area contributed by atoms with Crippen LogP contribution < -0.4 is 5.32 Å². The van der Waals surface area contributed by atoms with E-state index in [1.165, 1.54) is 0 Å². The average molecular weight is 347 g/mol. The number of aliphatic hydroxyl groups is 1. The predicted molar refractivity (Wildman–Crippen MR) is 92.9 cm³/mol. The van der Waals surface area contributed by atoms with Gasteiger partial charge >= 0.3 is 0 Å². The fourth-order valence-corrected chi connectivity index (χ4v) is 6.02. The third-order valence-electron chi connectivity index (χ3n) is 5.94. The molecule has 0 spiro atoms. The van der Waals surface area contributed by atoms with Gasteiger partial charge in [-0.2, -0.15) is 0 Å². The first-order valence-electron chi connectivity index (χ1n) is 8.99. The molecule has 0 aliphatic heterocycles. The molecule has 130 valence electrons. The number of aromatic nitrogens is 2. The summed E-state index contributed by atoms with van der Waals surface area (Å²) in [7, 11) is 0. The second-order valence-corrected chi connectivity index (χ2v) is 8.82. The van der Waals surface area contributed by atoms with Crippen molar-refractivity contribution in [3.8, 4) is 0 Å². The molecule has 1 unspecified atom stereocenters. The molecule has 1 aromatic heterocycles. The zero-order valence-corrected chi connectivity index (χ0v) is 15.1. The Balaban J connectivity index is 1.51. The van der Waals surface area contributed by atoms with Crippen LogP contribution in [0, 0.1) is 24.7 Å². The van der Waals surface area contributed by atoms with E-state index >= 15 is 0 Å². The molecule has 1 heterocycles. The van der Waals surface area contributed by atoms with E-state index in [-0.39, 0.29) is 11.9 Å². The van der Waals surface area contributed by atoms with E-state index < -0.39 is 5.60 Å². The lowest BCUT2D eigenvalue weighted by atomic mass is 9.76. The largest absolute Gasteiger partial charge is 0.390 e. The van der Waals surface area contributed by atoms with Gasteiger partial charge in [-0.1, -0.05) is 6.92 Å². The van der Waals surface area contributed by atoms with Crippen molar-refractivity contribution in [2.75, 3.05) is 5.75 Å². The van der Waals surface area contributed by atoms with E-state index in [1.54, 1.807) is 18.0 Å². The van der Waals surface area contributed by atoms with Crippen molar-refractivity contribution in [1.29, 1.82) is 0 Å². The second kappa shape index (κ2) is 5.99. The lowest BCUT2D eigenvalue weighted by molar-refractivity contribution is -0.0192. The summed E-state index contributed by atoms with van der Waals surface area (Å²) in [6.45, 7) is 3.98. The van der Waals surface area contributed by atoms with Gasteiger partial charge in [-0.05, 0) is 62.5 Å². The number of nitrogens with zero attached hydrogens (tertiary/aromatic N) is 2. The molecule has 6 heteroatoms. The molecule has 1 amide bonds. The minimum Gasteiger partial charge on any atom is -0.390 e. The maximum atomic E-state index is 12.9. The van der Waals surface area contributed by atoms with E-state index in [9.17, 15) is 9.90 Å². The number of amides is 1. The Morgan fingerprint density at radius 3 is 2.96 bits per heavy atom. The van der Waals surface area contributed by atoms with Gasteiger partial charge in [0.25, 0.3) is 5.91 Å². The van der Waals surface area contributed by atoms with Gasteiger partial charge in [0.2, 0.25) is 0 Å². The van der Waals surface area contributed by atoms with E-state index in [4.69, 9.17) is 0 Å². The number of hydrogen-bond donors (Lipinski definition) is 2. The average Bonchev–Trinajstić information content (AvgIpc) is 2.91. The van der Waals surface area contributed by atoms with Crippen LogP contribution in [0.1, 0.15) is 55.2 Å². The number of rotatable bonds is 5. The van der Waals surface area contributed by atoms with Gasteiger partial charge < -0.3 is 10.4 Å². The number of nitrogens with one attached hydrogen (secondary N) is 1. The molecule has 4 bridgehead atoms. The van der Waals surface area contributed by atoms with Crippen LogP contribution in [0.25, 0.3) is 0 Å². The number of carbonyl (C=O) groups excluding carboxylic acids is 1. The monoisotopic (exact) mass is 347 g/mol. The Bertz CT molecular complexity index is 664. The first-order valence-corrected chi connectivity index (χ1v) is 9.97. The van der Waals surface area contributed by atoms with Crippen LogP contribution in [0.2, 0.25) is 0 Å². The maximum absolute atomic E-state index is 12.9. The van der Waals surface area contributed by atoms with Crippen molar-refractivity contribution in [3.63, 3.8) is 0 Å². The smallest absolute Gasteiger partial charge is 0.255 e. The molecule has 2 N–H and O–H groups in total. The predicted octanol–water partition coefficient (Wildman–Crippen LogP) is 2.57. The molecule has 4 fully saturated rings. The summed E-state index contributed by atoms with van der Waals surface area (Å²) >= 11 is 1.62. The first kappa shape index (κ1) is 16.3. The Kier molecular flexibility index (Phi) is 4.07. The van der Waals surface area contributed by atoms with Gasteiger partial charge in [0.1, 0.15) is 10.9 Å². The van der Waals surface area contributed by atoms with Crippen LogP contribution >= 0.6 is 11.8 Å². The summed E-state index contributed by atoms with van der Waals surface area (Å²) < 4.78 is 0.